The van der Waals surface area contributed by atoms with Crippen molar-refractivity contribution in [3.05, 3.63) is 57.4 Å². The number of benzene rings is 1. The number of aryl methyl sites for hydroxylation is 2. The van der Waals surface area contributed by atoms with Crippen LogP contribution in [0, 0.1) is 6.92 Å². The van der Waals surface area contributed by atoms with E-state index in [0.717, 1.165) is 27.8 Å². The van der Waals surface area contributed by atoms with Crippen LogP contribution in [-0.2, 0) is 6.42 Å². The molecule has 0 saturated carbocycles. The van der Waals surface area contributed by atoms with Crippen LogP contribution < -0.4 is 0 Å². The Hall–Kier alpha value is -1.87. The summed E-state index contributed by atoms with van der Waals surface area (Å²) >= 11 is 1.59. The van der Waals surface area contributed by atoms with Crippen molar-refractivity contribution in [3.8, 4) is 0 Å². The highest BCUT2D eigenvalue weighted by atomic mass is 32.1. The Labute approximate surface area is 116 Å². The van der Waals surface area contributed by atoms with Gasteiger partial charge in [-0.1, -0.05) is 18.6 Å². The molecule has 0 atom stereocenters. The summed E-state index contributed by atoms with van der Waals surface area (Å²) in [7, 11) is 0. The van der Waals surface area contributed by atoms with E-state index in [0.29, 0.717) is 0 Å². The number of aromatic nitrogens is 1. The largest absolute Gasteiger partial charge is 0.360 e. The first-order valence-corrected chi connectivity index (χ1v) is 7.22. The monoisotopic (exact) mass is 269 g/mol. The van der Waals surface area contributed by atoms with Crippen LogP contribution in [0.4, 0.5) is 0 Å². The van der Waals surface area contributed by atoms with Crippen molar-refractivity contribution in [1.29, 1.82) is 0 Å². The first kappa shape index (κ1) is 12.2. The molecule has 0 aliphatic carbocycles. The summed E-state index contributed by atoms with van der Waals surface area (Å²) in [6.45, 7) is 4.15. The molecule has 0 fully saturated rings. The predicted molar refractivity (Wildman–Crippen MR) is 80.2 cm³/mol. The Bertz CT molecular complexity index is 751. The number of aromatic amines is 1. The lowest BCUT2D eigenvalue weighted by Crippen LogP contribution is -1.96. The van der Waals surface area contributed by atoms with E-state index in [1.165, 1.54) is 10.4 Å². The second-order valence-electron chi connectivity index (χ2n) is 4.70. The predicted octanol–water partition coefficient (Wildman–Crippen LogP) is 4.33. The van der Waals surface area contributed by atoms with Crippen LogP contribution in [0.5, 0.6) is 0 Å². The molecule has 3 rings (SSSR count). The van der Waals surface area contributed by atoms with E-state index < -0.39 is 0 Å². The zero-order valence-electron chi connectivity index (χ0n) is 11.0. The number of H-pyrrole nitrogens is 1. The van der Waals surface area contributed by atoms with Crippen molar-refractivity contribution in [2.45, 2.75) is 20.3 Å². The van der Waals surface area contributed by atoms with Gasteiger partial charge >= 0.3 is 0 Å². The highest BCUT2D eigenvalue weighted by Gasteiger charge is 2.15. The summed E-state index contributed by atoms with van der Waals surface area (Å²) in [5.41, 5.74) is 2.95. The minimum atomic E-state index is 0.113. The summed E-state index contributed by atoms with van der Waals surface area (Å²) in [6.07, 6.45) is 2.79. The summed E-state index contributed by atoms with van der Waals surface area (Å²) in [6, 6.07) is 10.1. The Kier molecular flexibility index (Phi) is 2.99. The van der Waals surface area contributed by atoms with Gasteiger partial charge in [0, 0.05) is 27.5 Å². The van der Waals surface area contributed by atoms with Gasteiger partial charge in [0.25, 0.3) is 0 Å². The maximum atomic E-state index is 12.6. The number of hydrogen-bond donors (Lipinski definition) is 1. The summed E-state index contributed by atoms with van der Waals surface area (Å²) in [5.74, 6) is 0.113. The van der Waals surface area contributed by atoms with Gasteiger partial charge in [0.2, 0.25) is 5.78 Å². The maximum Gasteiger partial charge on any atom is 0.205 e. The Morgan fingerprint density at radius 1 is 1.26 bits per heavy atom. The van der Waals surface area contributed by atoms with E-state index in [4.69, 9.17) is 0 Å². The number of carbonyl (C=O) groups is 1. The van der Waals surface area contributed by atoms with Gasteiger partial charge in [0.15, 0.2) is 0 Å². The van der Waals surface area contributed by atoms with Gasteiger partial charge in [-0.05, 0) is 37.6 Å². The highest BCUT2D eigenvalue weighted by Crippen LogP contribution is 2.25. The molecule has 1 N–H and O–H groups in total. The van der Waals surface area contributed by atoms with Crippen molar-refractivity contribution in [2.24, 2.45) is 0 Å². The summed E-state index contributed by atoms with van der Waals surface area (Å²) in [5, 5.41) is 1.01. The Morgan fingerprint density at radius 2 is 2.11 bits per heavy atom. The number of nitrogens with one attached hydrogen (secondary N) is 1. The van der Waals surface area contributed by atoms with Gasteiger partial charge in [-0.25, -0.2) is 0 Å². The van der Waals surface area contributed by atoms with Gasteiger partial charge < -0.3 is 4.98 Å². The lowest BCUT2D eigenvalue weighted by atomic mass is 10.1. The molecule has 3 aromatic rings. The van der Waals surface area contributed by atoms with Gasteiger partial charge in [0.1, 0.15) is 0 Å². The molecule has 0 unspecified atom stereocenters. The summed E-state index contributed by atoms with van der Waals surface area (Å²) < 4.78 is 0. The molecular formula is C16H15NOS. The third-order valence-electron chi connectivity index (χ3n) is 3.32. The molecule has 2 heterocycles. The van der Waals surface area contributed by atoms with Gasteiger partial charge in [-0.3, -0.25) is 4.79 Å². The van der Waals surface area contributed by atoms with Crippen molar-refractivity contribution in [2.75, 3.05) is 0 Å². The first-order chi connectivity index (χ1) is 9.19. The molecule has 0 spiro atoms. The minimum Gasteiger partial charge on any atom is -0.360 e. The highest BCUT2D eigenvalue weighted by molar-refractivity contribution is 7.14. The smallest absolute Gasteiger partial charge is 0.205 e. The van der Waals surface area contributed by atoms with Crippen LogP contribution in [0.25, 0.3) is 10.9 Å². The third-order valence-corrected chi connectivity index (χ3v) is 4.54. The summed E-state index contributed by atoms with van der Waals surface area (Å²) in [4.78, 5) is 17.8. The van der Waals surface area contributed by atoms with E-state index in [1.54, 1.807) is 11.3 Å². The number of hydrogen-bond acceptors (Lipinski definition) is 2. The molecule has 0 bridgehead atoms. The first-order valence-electron chi connectivity index (χ1n) is 6.40. The number of ketones is 1. The van der Waals surface area contributed by atoms with Gasteiger partial charge in [-0.15, -0.1) is 11.3 Å². The van der Waals surface area contributed by atoms with Crippen LogP contribution in [0.15, 0.2) is 36.5 Å². The molecule has 0 radical (unpaired) electrons. The molecule has 96 valence electrons. The van der Waals surface area contributed by atoms with Crippen LogP contribution >= 0.6 is 11.3 Å². The van der Waals surface area contributed by atoms with Crippen molar-refractivity contribution in [3.63, 3.8) is 0 Å². The molecule has 3 heteroatoms. The zero-order chi connectivity index (χ0) is 13.4. The van der Waals surface area contributed by atoms with Crippen molar-refractivity contribution in [1.82, 2.24) is 4.98 Å². The second kappa shape index (κ2) is 4.67. The fourth-order valence-corrected chi connectivity index (χ4v) is 3.15. The van der Waals surface area contributed by atoms with Gasteiger partial charge in [-0.2, -0.15) is 0 Å². The van der Waals surface area contributed by atoms with E-state index in [-0.39, 0.29) is 5.78 Å². The standard InChI is InChI=1S/C16H15NOS/c1-3-11-5-7-15(19-11)16(18)13-9-17-14-6-4-10(2)8-12(13)14/h4-9,17H,3H2,1-2H3. The van der Waals surface area contributed by atoms with E-state index >= 15 is 0 Å². The molecule has 0 aliphatic heterocycles. The van der Waals surface area contributed by atoms with Crippen LogP contribution in [0.2, 0.25) is 0 Å². The molecule has 19 heavy (non-hydrogen) atoms. The number of thiophene rings is 1. The minimum absolute atomic E-state index is 0.113. The Balaban J connectivity index is 2.08. The van der Waals surface area contributed by atoms with E-state index in [9.17, 15) is 4.79 Å². The quantitative estimate of drug-likeness (QED) is 0.705. The van der Waals surface area contributed by atoms with Crippen molar-refractivity contribution < 1.29 is 4.79 Å². The lowest BCUT2D eigenvalue weighted by Gasteiger charge is -1.97. The van der Waals surface area contributed by atoms with Crippen molar-refractivity contribution >= 4 is 28.0 Å². The van der Waals surface area contributed by atoms with Crippen LogP contribution in [0.3, 0.4) is 0 Å². The molecular weight excluding hydrogens is 254 g/mol. The number of fused-ring (bicyclic) bond motifs is 1. The Morgan fingerprint density at radius 3 is 2.84 bits per heavy atom. The van der Waals surface area contributed by atoms with E-state index in [1.807, 2.05) is 37.4 Å². The SMILES string of the molecule is CCc1ccc(C(=O)c2c[nH]c3ccc(C)cc23)s1. The molecule has 2 nitrogen and oxygen atoms in total. The second-order valence-corrected chi connectivity index (χ2v) is 5.87. The van der Waals surface area contributed by atoms with E-state index in [2.05, 4.69) is 18.0 Å². The fraction of sp³-hybridized carbons (Fsp3) is 0.188. The number of carbonyl (C=O) groups excluding carboxylic acids is 1. The van der Waals surface area contributed by atoms with Crippen LogP contribution in [-0.4, -0.2) is 10.8 Å². The molecule has 0 amide bonds. The topological polar surface area (TPSA) is 32.9 Å². The third kappa shape index (κ3) is 2.10. The maximum absolute atomic E-state index is 12.6. The molecule has 0 saturated heterocycles. The lowest BCUT2D eigenvalue weighted by molar-refractivity contribution is 0.104. The van der Waals surface area contributed by atoms with Gasteiger partial charge in [0.05, 0.1) is 4.88 Å². The molecule has 0 aliphatic rings. The fourth-order valence-electron chi connectivity index (χ4n) is 2.25. The number of rotatable bonds is 3. The average Bonchev–Trinajstić information content (AvgIpc) is 3.04. The zero-order valence-corrected chi connectivity index (χ0v) is 11.8. The average molecular weight is 269 g/mol. The van der Waals surface area contributed by atoms with Crippen LogP contribution in [0.1, 0.15) is 32.6 Å². The normalized spacial score (nSPS) is 11.1. The molecule has 2 aromatic heterocycles. The molecule has 1 aromatic carbocycles.